The summed E-state index contributed by atoms with van der Waals surface area (Å²) in [6.45, 7) is 4.34. The van der Waals surface area contributed by atoms with Gasteiger partial charge in [-0.1, -0.05) is 38.1 Å². The van der Waals surface area contributed by atoms with Gasteiger partial charge in [0, 0.05) is 30.6 Å². The molecule has 166 valence electrons. The van der Waals surface area contributed by atoms with Crippen molar-refractivity contribution in [1.29, 1.82) is 0 Å². The van der Waals surface area contributed by atoms with E-state index in [2.05, 4.69) is 35.9 Å². The number of hydrogen-bond donors (Lipinski definition) is 0. The predicted molar refractivity (Wildman–Crippen MR) is 128 cm³/mol. The number of benzene rings is 1. The van der Waals surface area contributed by atoms with Crippen LogP contribution in [-0.4, -0.2) is 46.7 Å². The van der Waals surface area contributed by atoms with Gasteiger partial charge in [0.05, 0.1) is 5.69 Å². The molecule has 5 rings (SSSR count). The largest absolute Gasteiger partial charge is 0.333 e. The molecular formula is C25H22N4O3S. The Labute approximate surface area is 195 Å². The molecule has 2 aliphatic rings. The fourth-order valence-corrected chi connectivity index (χ4v) is 5.65. The number of nitrogens with zero attached hydrogens (tertiary/aromatic N) is 4. The SMILES string of the molecule is CN1C(=O)C(=Cc2cc3c(s2)N(c2ccccn2)c2ccccc2C3(C)C)C(=O)N(C)C1=O. The molecule has 0 unspecified atom stereocenters. The van der Waals surface area contributed by atoms with E-state index in [9.17, 15) is 14.4 Å². The van der Waals surface area contributed by atoms with E-state index in [0.717, 1.165) is 42.3 Å². The number of imide groups is 2. The third kappa shape index (κ3) is 3.09. The molecule has 0 atom stereocenters. The first kappa shape index (κ1) is 21.1. The van der Waals surface area contributed by atoms with Gasteiger partial charge in [0.1, 0.15) is 16.4 Å². The Balaban J connectivity index is 1.69. The maximum atomic E-state index is 12.7. The molecule has 0 bridgehead atoms. The predicted octanol–water partition coefficient (Wildman–Crippen LogP) is 4.69. The van der Waals surface area contributed by atoms with Crippen molar-refractivity contribution in [3.63, 3.8) is 0 Å². The zero-order valence-electron chi connectivity index (χ0n) is 18.7. The minimum Gasteiger partial charge on any atom is -0.285 e. The Hall–Kier alpha value is -3.78. The number of anilines is 3. The van der Waals surface area contributed by atoms with Crippen LogP contribution >= 0.6 is 11.3 Å². The first-order valence-corrected chi connectivity index (χ1v) is 11.3. The molecule has 0 spiro atoms. The van der Waals surface area contributed by atoms with Gasteiger partial charge in [0.25, 0.3) is 11.8 Å². The molecule has 0 N–H and O–H groups in total. The summed E-state index contributed by atoms with van der Waals surface area (Å²) in [7, 11) is 2.76. The second-order valence-corrected chi connectivity index (χ2v) is 9.66. The van der Waals surface area contributed by atoms with Gasteiger partial charge in [-0.15, -0.1) is 11.3 Å². The van der Waals surface area contributed by atoms with Crippen molar-refractivity contribution in [3.05, 3.63) is 76.3 Å². The molecule has 1 aromatic carbocycles. The van der Waals surface area contributed by atoms with E-state index in [-0.39, 0.29) is 11.0 Å². The smallest absolute Gasteiger partial charge is 0.285 e. The van der Waals surface area contributed by atoms with Gasteiger partial charge in [0.2, 0.25) is 0 Å². The van der Waals surface area contributed by atoms with Gasteiger partial charge in [0.15, 0.2) is 0 Å². The lowest BCUT2D eigenvalue weighted by molar-refractivity contribution is -0.134. The molecule has 0 saturated carbocycles. The van der Waals surface area contributed by atoms with Gasteiger partial charge in [-0.2, -0.15) is 0 Å². The average Bonchev–Trinajstić information content (AvgIpc) is 3.25. The number of barbiturate groups is 1. The minimum absolute atomic E-state index is 0.0297. The number of carbonyl (C=O) groups is 3. The van der Waals surface area contributed by atoms with Crippen molar-refractivity contribution in [2.24, 2.45) is 0 Å². The van der Waals surface area contributed by atoms with Crippen LogP contribution in [0.2, 0.25) is 0 Å². The molecule has 0 aliphatic carbocycles. The quantitative estimate of drug-likeness (QED) is 0.412. The number of aromatic nitrogens is 1. The zero-order valence-corrected chi connectivity index (χ0v) is 19.5. The Morgan fingerprint density at radius 1 is 0.909 bits per heavy atom. The number of rotatable bonds is 2. The fraction of sp³-hybridized carbons (Fsp3) is 0.200. The van der Waals surface area contributed by atoms with Crippen molar-refractivity contribution in [2.75, 3.05) is 19.0 Å². The van der Waals surface area contributed by atoms with E-state index in [0.29, 0.717) is 0 Å². The van der Waals surface area contributed by atoms with E-state index >= 15 is 0 Å². The third-order valence-electron chi connectivity index (χ3n) is 6.24. The number of urea groups is 1. The lowest BCUT2D eigenvalue weighted by atomic mass is 9.75. The van der Waals surface area contributed by atoms with E-state index in [1.807, 2.05) is 36.4 Å². The molecule has 4 amide bonds. The summed E-state index contributed by atoms with van der Waals surface area (Å²) in [5, 5.41) is 0.984. The summed E-state index contributed by atoms with van der Waals surface area (Å²) in [6, 6.07) is 15.4. The van der Waals surface area contributed by atoms with Crippen LogP contribution in [0.15, 0.2) is 60.3 Å². The van der Waals surface area contributed by atoms with Crippen LogP contribution in [-0.2, 0) is 15.0 Å². The van der Waals surface area contributed by atoms with E-state index in [4.69, 9.17) is 0 Å². The molecule has 0 radical (unpaired) electrons. The van der Waals surface area contributed by atoms with Crippen LogP contribution in [0.4, 0.5) is 21.3 Å². The number of carbonyl (C=O) groups excluding carboxylic acids is 3. The molecule has 33 heavy (non-hydrogen) atoms. The Kier molecular flexibility index (Phi) is 4.72. The van der Waals surface area contributed by atoms with Crippen LogP contribution < -0.4 is 4.90 Å². The van der Waals surface area contributed by atoms with E-state index in [1.54, 1.807) is 12.3 Å². The van der Waals surface area contributed by atoms with Crippen LogP contribution in [0.25, 0.3) is 6.08 Å². The normalized spacial score (nSPS) is 17.3. The first-order chi connectivity index (χ1) is 15.7. The highest BCUT2D eigenvalue weighted by Gasteiger charge is 2.40. The van der Waals surface area contributed by atoms with E-state index < -0.39 is 17.8 Å². The molecule has 1 fully saturated rings. The van der Waals surface area contributed by atoms with Gasteiger partial charge >= 0.3 is 6.03 Å². The highest BCUT2D eigenvalue weighted by molar-refractivity contribution is 7.17. The Morgan fingerprint density at radius 2 is 1.58 bits per heavy atom. The summed E-state index contributed by atoms with van der Waals surface area (Å²) in [5.74, 6) is -0.408. The van der Waals surface area contributed by atoms with E-state index in [1.165, 1.54) is 25.4 Å². The maximum absolute atomic E-state index is 12.7. The van der Waals surface area contributed by atoms with Crippen molar-refractivity contribution in [1.82, 2.24) is 14.8 Å². The molecule has 3 aromatic rings. The number of pyridine rings is 1. The summed E-state index contributed by atoms with van der Waals surface area (Å²) < 4.78 is 0. The molecular weight excluding hydrogens is 436 g/mol. The van der Waals surface area contributed by atoms with Crippen LogP contribution in [0.5, 0.6) is 0 Å². The van der Waals surface area contributed by atoms with Gasteiger partial charge < -0.3 is 0 Å². The first-order valence-electron chi connectivity index (χ1n) is 10.5. The highest BCUT2D eigenvalue weighted by Crippen LogP contribution is 2.54. The standard InChI is InChI=1S/C25H22N4O3S/c1-25(2)17-9-5-6-10-19(17)29(20-11-7-8-12-26-20)23-18(25)14-15(33-23)13-16-21(30)27(3)24(32)28(4)22(16)31/h5-14H,1-4H3. The molecule has 2 aliphatic heterocycles. The summed E-state index contributed by atoms with van der Waals surface area (Å²) >= 11 is 1.49. The minimum atomic E-state index is -0.634. The monoisotopic (exact) mass is 458 g/mol. The molecule has 8 heteroatoms. The number of fused-ring (bicyclic) bond motifs is 2. The maximum Gasteiger partial charge on any atom is 0.333 e. The number of likely N-dealkylation sites (N-methyl/N-ethyl adjacent to an activating group) is 2. The summed E-state index contributed by atoms with van der Waals surface area (Å²) in [6.07, 6.45) is 3.35. The second-order valence-electron chi connectivity index (χ2n) is 8.60. The van der Waals surface area contributed by atoms with Crippen LogP contribution in [0.1, 0.15) is 29.9 Å². The summed E-state index contributed by atoms with van der Waals surface area (Å²) in [5.41, 5.74) is 2.96. The Bertz CT molecular complexity index is 1320. The van der Waals surface area contributed by atoms with Gasteiger partial charge in [-0.3, -0.25) is 24.3 Å². The topological polar surface area (TPSA) is 73.8 Å². The summed E-state index contributed by atoms with van der Waals surface area (Å²) in [4.78, 5) is 46.9. The molecule has 1 saturated heterocycles. The molecule has 2 aromatic heterocycles. The number of hydrogen-bond acceptors (Lipinski definition) is 6. The van der Waals surface area contributed by atoms with Crippen molar-refractivity contribution < 1.29 is 14.4 Å². The number of amides is 4. The second kappa shape index (κ2) is 7.38. The molecule has 4 heterocycles. The lowest BCUT2D eigenvalue weighted by Crippen LogP contribution is -2.52. The average molecular weight is 459 g/mol. The number of para-hydroxylation sites is 1. The van der Waals surface area contributed by atoms with Crippen LogP contribution in [0.3, 0.4) is 0 Å². The number of thiophene rings is 1. The van der Waals surface area contributed by atoms with Gasteiger partial charge in [-0.05, 0) is 41.5 Å². The third-order valence-corrected chi connectivity index (χ3v) is 7.30. The Morgan fingerprint density at radius 3 is 2.24 bits per heavy atom. The fourth-order valence-electron chi connectivity index (χ4n) is 4.37. The lowest BCUT2D eigenvalue weighted by Gasteiger charge is -2.39. The van der Waals surface area contributed by atoms with Crippen LogP contribution in [0, 0.1) is 0 Å². The van der Waals surface area contributed by atoms with Crippen molar-refractivity contribution in [3.8, 4) is 0 Å². The zero-order chi connectivity index (χ0) is 23.5. The van der Waals surface area contributed by atoms with Crippen molar-refractivity contribution >= 4 is 51.8 Å². The highest BCUT2D eigenvalue weighted by atomic mass is 32.1. The van der Waals surface area contributed by atoms with Crippen molar-refractivity contribution in [2.45, 2.75) is 19.3 Å². The van der Waals surface area contributed by atoms with Gasteiger partial charge in [-0.25, -0.2) is 9.78 Å². The molecule has 7 nitrogen and oxygen atoms in total.